The van der Waals surface area contributed by atoms with Gasteiger partial charge in [-0.25, -0.2) is 4.98 Å². The Hall–Kier alpha value is -2.97. The Labute approximate surface area is 179 Å². The van der Waals surface area contributed by atoms with Crippen molar-refractivity contribution in [1.82, 2.24) is 9.88 Å². The Morgan fingerprint density at radius 1 is 1.23 bits per heavy atom. The third-order valence-corrected chi connectivity index (χ3v) is 6.24. The zero-order valence-corrected chi connectivity index (χ0v) is 17.8. The highest BCUT2D eigenvalue weighted by Crippen LogP contribution is 2.36. The molecule has 1 aromatic heterocycles. The highest BCUT2D eigenvalue weighted by molar-refractivity contribution is 7.18. The molecule has 1 fully saturated rings. The monoisotopic (exact) mass is 424 g/mol. The number of para-hydroxylation sites is 1. The van der Waals surface area contributed by atoms with E-state index in [2.05, 4.69) is 21.6 Å². The molecule has 0 bridgehead atoms. The lowest BCUT2D eigenvalue weighted by molar-refractivity contribution is -0.117. The molecule has 2 N–H and O–H groups in total. The first-order valence-electron chi connectivity index (χ1n) is 9.88. The maximum atomic E-state index is 12.8. The van der Waals surface area contributed by atoms with Crippen molar-refractivity contribution in [3.63, 3.8) is 0 Å². The van der Waals surface area contributed by atoms with Crippen LogP contribution in [0.2, 0.25) is 0 Å². The van der Waals surface area contributed by atoms with Gasteiger partial charge in [-0.05, 0) is 49.7 Å². The summed E-state index contributed by atoms with van der Waals surface area (Å²) in [5.41, 5.74) is 2.14. The lowest BCUT2D eigenvalue weighted by Crippen LogP contribution is -2.33. The number of methoxy groups -OCH3 is 1. The average molecular weight is 425 g/mol. The number of nitrogens with zero attached hydrogens (tertiary/aromatic N) is 2. The first kappa shape index (κ1) is 20.3. The first-order valence-corrected chi connectivity index (χ1v) is 10.7. The number of hydrogen-bond donors (Lipinski definition) is 2. The molecule has 1 unspecified atom stereocenters. The van der Waals surface area contributed by atoms with Gasteiger partial charge in [0.05, 0.1) is 35.6 Å². The number of anilines is 2. The van der Waals surface area contributed by atoms with Crippen molar-refractivity contribution in [3.05, 3.63) is 47.5 Å². The summed E-state index contributed by atoms with van der Waals surface area (Å²) in [6.07, 6.45) is 2.03. The van der Waals surface area contributed by atoms with E-state index in [0.29, 0.717) is 17.1 Å². The largest absolute Gasteiger partial charge is 0.495 e. The Morgan fingerprint density at radius 3 is 2.83 bits per heavy atom. The number of benzene rings is 2. The second kappa shape index (κ2) is 8.81. The van der Waals surface area contributed by atoms with E-state index in [9.17, 15) is 9.59 Å². The molecule has 7 nitrogen and oxygen atoms in total. The van der Waals surface area contributed by atoms with Crippen LogP contribution in [-0.4, -0.2) is 41.9 Å². The first-order chi connectivity index (χ1) is 14.5. The molecule has 4 rings (SSSR count). The van der Waals surface area contributed by atoms with E-state index in [1.165, 1.54) is 11.6 Å². The van der Waals surface area contributed by atoms with Gasteiger partial charge in [-0.15, -0.1) is 11.3 Å². The third-order valence-electron chi connectivity index (χ3n) is 5.10. The Balaban J connectivity index is 1.47. The Bertz CT molecular complexity index is 1050. The van der Waals surface area contributed by atoms with E-state index >= 15 is 0 Å². The van der Waals surface area contributed by atoms with E-state index in [1.54, 1.807) is 36.6 Å². The predicted molar refractivity (Wildman–Crippen MR) is 119 cm³/mol. The van der Waals surface area contributed by atoms with Gasteiger partial charge >= 0.3 is 0 Å². The van der Waals surface area contributed by atoms with Crippen molar-refractivity contribution in [2.75, 3.05) is 30.8 Å². The number of carbonyl (C=O) groups excluding carboxylic acids is 2. The third kappa shape index (κ3) is 4.44. The molecule has 3 aromatic rings. The van der Waals surface area contributed by atoms with Crippen LogP contribution in [0.15, 0.2) is 42.5 Å². The molecule has 30 heavy (non-hydrogen) atoms. The average Bonchev–Trinajstić information content (AvgIpc) is 3.34. The topological polar surface area (TPSA) is 83.6 Å². The van der Waals surface area contributed by atoms with Crippen molar-refractivity contribution < 1.29 is 14.3 Å². The number of hydrogen-bond acceptors (Lipinski definition) is 6. The van der Waals surface area contributed by atoms with Crippen LogP contribution in [0.25, 0.3) is 10.2 Å². The second-order valence-corrected chi connectivity index (χ2v) is 8.35. The van der Waals surface area contributed by atoms with Gasteiger partial charge in [0.15, 0.2) is 0 Å². The number of carbonyl (C=O) groups is 2. The van der Waals surface area contributed by atoms with Crippen LogP contribution in [0.3, 0.4) is 0 Å². The minimum atomic E-state index is -0.173. The maximum absolute atomic E-state index is 12.8. The lowest BCUT2D eigenvalue weighted by Gasteiger charge is -2.22. The van der Waals surface area contributed by atoms with Gasteiger partial charge in [-0.1, -0.05) is 12.1 Å². The molecule has 0 saturated carbocycles. The SMILES string of the molecule is COc1ccc(NC(C)=O)cc1NC(=O)CN1CCCC1c1nc2ccccc2s1. The molecule has 0 radical (unpaired) electrons. The normalized spacial score (nSPS) is 16.5. The molecule has 156 valence electrons. The minimum absolute atomic E-state index is 0.124. The summed E-state index contributed by atoms with van der Waals surface area (Å²) in [6.45, 7) is 2.57. The molecule has 1 atom stereocenters. The summed E-state index contributed by atoms with van der Waals surface area (Å²) in [5.74, 6) is 0.246. The van der Waals surface area contributed by atoms with Crippen LogP contribution >= 0.6 is 11.3 Å². The molecule has 2 heterocycles. The van der Waals surface area contributed by atoms with Crippen LogP contribution in [0.4, 0.5) is 11.4 Å². The smallest absolute Gasteiger partial charge is 0.238 e. The van der Waals surface area contributed by atoms with Crippen molar-refractivity contribution >= 4 is 44.7 Å². The molecule has 8 heteroatoms. The van der Waals surface area contributed by atoms with Gasteiger partial charge in [0.25, 0.3) is 0 Å². The molecule has 0 aliphatic carbocycles. The summed E-state index contributed by atoms with van der Waals surface area (Å²) < 4.78 is 6.52. The molecular weight excluding hydrogens is 400 g/mol. The summed E-state index contributed by atoms with van der Waals surface area (Å²) in [7, 11) is 1.55. The lowest BCUT2D eigenvalue weighted by atomic mass is 10.2. The van der Waals surface area contributed by atoms with Crippen LogP contribution in [0, 0.1) is 0 Å². The summed E-state index contributed by atoms with van der Waals surface area (Å²) >= 11 is 1.70. The van der Waals surface area contributed by atoms with Gasteiger partial charge in [-0.3, -0.25) is 14.5 Å². The zero-order valence-electron chi connectivity index (χ0n) is 17.0. The minimum Gasteiger partial charge on any atom is -0.495 e. The summed E-state index contributed by atoms with van der Waals surface area (Å²) in [6, 6.07) is 13.4. The van der Waals surface area contributed by atoms with E-state index in [1.807, 2.05) is 18.2 Å². The molecule has 2 amide bonds. The number of likely N-dealkylation sites (tertiary alicyclic amines) is 1. The highest BCUT2D eigenvalue weighted by atomic mass is 32.1. The van der Waals surface area contributed by atoms with E-state index in [4.69, 9.17) is 9.72 Å². The number of rotatable bonds is 6. The van der Waals surface area contributed by atoms with Crippen LogP contribution in [-0.2, 0) is 9.59 Å². The van der Waals surface area contributed by atoms with Gasteiger partial charge in [0.2, 0.25) is 11.8 Å². The van der Waals surface area contributed by atoms with Gasteiger partial charge in [0, 0.05) is 12.6 Å². The number of fused-ring (bicyclic) bond motifs is 1. The van der Waals surface area contributed by atoms with Crippen LogP contribution < -0.4 is 15.4 Å². The summed E-state index contributed by atoms with van der Waals surface area (Å²) in [4.78, 5) is 31.1. The van der Waals surface area contributed by atoms with Crippen LogP contribution in [0.5, 0.6) is 5.75 Å². The van der Waals surface area contributed by atoms with Crippen molar-refractivity contribution in [2.24, 2.45) is 0 Å². The zero-order chi connectivity index (χ0) is 21.1. The van der Waals surface area contributed by atoms with Crippen LogP contribution in [0.1, 0.15) is 30.8 Å². The molecule has 1 aliphatic heterocycles. The molecule has 2 aromatic carbocycles. The number of ether oxygens (including phenoxy) is 1. The number of aromatic nitrogens is 1. The van der Waals surface area contributed by atoms with Crippen molar-refractivity contribution in [2.45, 2.75) is 25.8 Å². The number of nitrogens with one attached hydrogen (secondary N) is 2. The molecule has 1 aliphatic rings. The van der Waals surface area contributed by atoms with Gasteiger partial charge in [0.1, 0.15) is 10.8 Å². The maximum Gasteiger partial charge on any atom is 0.238 e. The fourth-order valence-corrected chi connectivity index (χ4v) is 4.93. The molecular formula is C22H24N4O3S. The standard InChI is InChI=1S/C22H24N4O3S/c1-14(27)23-15-9-10-19(29-2)17(12-15)24-21(28)13-26-11-5-7-18(26)22-25-16-6-3-4-8-20(16)30-22/h3-4,6,8-10,12,18H,5,7,11,13H2,1-2H3,(H,23,27)(H,24,28). The summed E-state index contributed by atoms with van der Waals surface area (Å²) in [5, 5.41) is 6.71. The van der Waals surface area contributed by atoms with Gasteiger partial charge < -0.3 is 15.4 Å². The molecule has 0 spiro atoms. The Kier molecular flexibility index (Phi) is 5.96. The fraction of sp³-hybridized carbons (Fsp3) is 0.318. The number of amides is 2. The van der Waals surface area contributed by atoms with Gasteiger partial charge in [-0.2, -0.15) is 0 Å². The van der Waals surface area contributed by atoms with Crippen molar-refractivity contribution in [3.8, 4) is 5.75 Å². The van der Waals surface area contributed by atoms with Crippen molar-refractivity contribution in [1.29, 1.82) is 0 Å². The second-order valence-electron chi connectivity index (χ2n) is 7.29. The van der Waals surface area contributed by atoms with E-state index in [-0.39, 0.29) is 24.4 Å². The Morgan fingerprint density at radius 2 is 2.07 bits per heavy atom. The highest BCUT2D eigenvalue weighted by Gasteiger charge is 2.30. The molecule has 1 saturated heterocycles. The fourth-order valence-electron chi connectivity index (χ4n) is 3.79. The van der Waals surface area contributed by atoms with E-state index in [0.717, 1.165) is 29.9 Å². The predicted octanol–water partition coefficient (Wildman–Crippen LogP) is 4.04. The quantitative estimate of drug-likeness (QED) is 0.624. The van der Waals surface area contributed by atoms with E-state index < -0.39 is 0 Å². The number of thiazole rings is 1.